The molecular formula is C18H24N4O2. The quantitative estimate of drug-likeness (QED) is 0.761. The van der Waals surface area contributed by atoms with E-state index in [1.807, 2.05) is 35.0 Å². The summed E-state index contributed by atoms with van der Waals surface area (Å²) in [6.07, 6.45) is 2.24. The lowest BCUT2D eigenvalue weighted by molar-refractivity contribution is -0.121. The number of carbonyl (C=O) groups excluding carboxylic acids is 1. The lowest BCUT2D eigenvalue weighted by Crippen LogP contribution is -2.23. The molecule has 6 heteroatoms. The first-order chi connectivity index (χ1) is 11.8. The van der Waals surface area contributed by atoms with Gasteiger partial charge in [0.25, 0.3) is 0 Å². The van der Waals surface area contributed by atoms with Gasteiger partial charge in [0.2, 0.25) is 5.91 Å². The van der Waals surface area contributed by atoms with Crippen molar-refractivity contribution in [3.63, 3.8) is 0 Å². The number of nitrogens with zero attached hydrogens (tertiary/aromatic N) is 2. The van der Waals surface area contributed by atoms with Crippen LogP contribution in [0.3, 0.4) is 0 Å². The Bertz CT molecular complexity index is 631. The smallest absolute Gasteiger partial charge is 0.220 e. The molecule has 0 radical (unpaired) electrons. The Morgan fingerprint density at radius 1 is 1.33 bits per heavy atom. The highest BCUT2D eigenvalue weighted by Crippen LogP contribution is 2.10. The second kappa shape index (κ2) is 8.49. The number of nitrogens with one attached hydrogen (secondary N) is 2. The fourth-order valence-corrected chi connectivity index (χ4v) is 2.72. The van der Waals surface area contributed by atoms with Gasteiger partial charge in [-0.25, -0.2) is 0 Å². The Morgan fingerprint density at radius 3 is 3.08 bits per heavy atom. The summed E-state index contributed by atoms with van der Waals surface area (Å²) in [5.41, 5.74) is 2.11. The lowest BCUT2D eigenvalue weighted by Gasteiger charge is -2.06. The van der Waals surface area contributed by atoms with Crippen LogP contribution in [0.4, 0.5) is 0 Å². The molecule has 0 unspecified atom stereocenters. The summed E-state index contributed by atoms with van der Waals surface area (Å²) in [6, 6.07) is 11.7. The number of aromatic nitrogens is 2. The minimum Gasteiger partial charge on any atom is -0.494 e. The molecule has 3 rings (SSSR count). The van der Waals surface area contributed by atoms with Crippen LogP contribution in [-0.4, -0.2) is 28.8 Å². The molecule has 0 fully saturated rings. The van der Waals surface area contributed by atoms with E-state index in [9.17, 15) is 4.79 Å². The van der Waals surface area contributed by atoms with Crippen molar-refractivity contribution in [1.29, 1.82) is 0 Å². The number of aryl methyl sites for hydroxylation is 1. The Balaban J connectivity index is 1.35. The summed E-state index contributed by atoms with van der Waals surface area (Å²) in [4.78, 5) is 11.9. The van der Waals surface area contributed by atoms with Gasteiger partial charge >= 0.3 is 0 Å². The standard InChI is InChI=1S/C18H24N4O2/c23-18(8-4-11-24-17-6-2-1-3-7-17)20-13-15-12-16-14-19-9-5-10-22(16)21-15/h1-3,6-7,12,19H,4-5,8-11,13-14H2,(H,20,23). The number of rotatable bonds is 7. The highest BCUT2D eigenvalue weighted by Gasteiger charge is 2.11. The molecule has 0 spiro atoms. The second-order valence-electron chi connectivity index (χ2n) is 5.92. The van der Waals surface area contributed by atoms with Crippen molar-refractivity contribution < 1.29 is 9.53 Å². The maximum Gasteiger partial charge on any atom is 0.220 e. The normalized spacial score (nSPS) is 13.8. The SMILES string of the molecule is O=C(CCCOc1ccccc1)NCc1cc2n(n1)CCCNC2. The van der Waals surface area contributed by atoms with Gasteiger partial charge in [-0.15, -0.1) is 0 Å². The topological polar surface area (TPSA) is 68.2 Å². The molecule has 2 heterocycles. The summed E-state index contributed by atoms with van der Waals surface area (Å²) in [5.74, 6) is 0.874. The first kappa shape index (κ1) is 16.5. The van der Waals surface area contributed by atoms with Crippen LogP contribution in [-0.2, 0) is 24.4 Å². The summed E-state index contributed by atoms with van der Waals surface area (Å²) in [6.45, 7) is 3.84. The van der Waals surface area contributed by atoms with Crippen LogP contribution in [0.5, 0.6) is 5.75 Å². The Hall–Kier alpha value is -2.34. The molecule has 0 saturated heterocycles. The number of carbonyl (C=O) groups is 1. The molecule has 1 aliphatic heterocycles. The van der Waals surface area contributed by atoms with Gasteiger partial charge in [0.05, 0.1) is 24.5 Å². The molecule has 0 saturated carbocycles. The van der Waals surface area contributed by atoms with E-state index in [0.717, 1.165) is 37.5 Å². The summed E-state index contributed by atoms with van der Waals surface area (Å²) in [5, 5.41) is 10.9. The molecule has 1 aromatic carbocycles. The predicted octanol–water partition coefficient (Wildman–Crippen LogP) is 1.85. The van der Waals surface area contributed by atoms with Crippen molar-refractivity contribution in [2.45, 2.75) is 38.9 Å². The number of hydrogen-bond donors (Lipinski definition) is 2. The average molecular weight is 328 g/mol. The summed E-state index contributed by atoms with van der Waals surface area (Å²) < 4.78 is 7.62. The third-order valence-electron chi connectivity index (χ3n) is 3.97. The van der Waals surface area contributed by atoms with Gasteiger partial charge in [0.1, 0.15) is 5.75 Å². The molecule has 128 valence electrons. The maximum atomic E-state index is 11.9. The molecule has 2 aromatic rings. The van der Waals surface area contributed by atoms with Crippen LogP contribution in [0.1, 0.15) is 30.7 Å². The minimum absolute atomic E-state index is 0.0352. The minimum atomic E-state index is 0.0352. The van der Waals surface area contributed by atoms with Gasteiger partial charge in [0.15, 0.2) is 0 Å². The largest absolute Gasteiger partial charge is 0.494 e. The first-order valence-electron chi connectivity index (χ1n) is 8.52. The van der Waals surface area contributed by atoms with E-state index in [0.29, 0.717) is 26.0 Å². The fraction of sp³-hybridized carbons (Fsp3) is 0.444. The third kappa shape index (κ3) is 4.83. The van der Waals surface area contributed by atoms with Gasteiger partial charge in [-0.3, -0.25) is 9.48 Å². The van der Waals surface area contributed by atoms with Crippen LogP contribution < -0.4 is 15.4 Å². The number of para-hydroxylation sites is 1. The van der Waals surface area contributed by atoms with E-state index in [4.69, 9.17) is 4.74 Å². The van der Waals surface area contributed by atoms with Gasteiger partial charge in [0, 0.05) is 19.5 Å². The molecule has 6 nitrogen and oxygen atoms in total. The molecule has 0 bridgehead atoms. The fourth-order valence-electron chi connectivity index (χ4n) is 2.72. The van der Waals surface area contributed by atoms with Crippen molar-refractivity contribution >= 4 is 5.91 Å². The highest BCUT2D eigenvalue weighted by atomic mass is 16.5. The maximum absolute atomic E-state index is 11.9. The monoisotopic (exact) mass is 328 g/mol. The molecule has 0 atom stereocenters. The van der Waals surface area contributed by atoms with Gasteiger partial charge in [-0.2, -0.15) is 5.10 Å². The van der Waals surface area contributed by atoms with Crippen molar-refractivity contribution in [2.24, 2.45) is 0 Å². The van der Waals surface area contributed by atoms with E-state index in [2.05, 4.69) is 21.8 Å². The molecule has 1 amide bonds. The van der Waals surface area contributed by atoms with Gasteiger partial charge in [-0.05, 0) is 37.6 Å². The van der Waals surface area contributed by atoms with Crippen molar-refractivity contribution in [3.05, 3.63) is 47.8 Å². The zero-order valence-electron chi connectivity index (χ0n) is 13.8. The summed E-state index contributed by atoms with van der Waals surface area (Å²) in [7, 11) is 0. The van der Waals surface area contributed by atoms with Crippen LogP contribution in [0.15, 0.2) is 36.4 Å². The lowest BCUT2D eigenvalue weighted by atomic mass is 10.3. The van der Waals surface area contributed by atoms with Crippen LogP contribution in [0, 0.1) is 0 Å². The number of fused-ring (bicyclic) bond motifs is 1. The second-order valence-corrected chi connectivity index (χ2v) is 5.92. The zero-order chi connectivity index (χ0) is 16.6. The molecule has 0 aliphatic carbocycles. The molecule has 2 N–H and O–H groups in total. The number of ether oxygens (including phenoxy) is 1. The van der Waals surface area contributed by atoms with E-state index in [1.54, 1.807) is 0 Å². The summed E-state index contributed by atoms with van der Waals surface area (Å²) >= 11 is 0. The van der Waals surface area contributed by atoms with Gasteiger partial charge < -0.3 is 15.4 Å². The number of amides is 1. The average Bonchev–Trinajstić information content (AvgIpc) is 2.87. The highest BCUT2D eigenvalue weighted by molar-refractivity contribution is 5.75. The Labute approximate surface area is 142 Å². The van der Waals surface area contributed by atoms with E-state index < -0.39 is 0 Å². The Kier molecular flexibility index (Phi) is 5.85. The molecule has 24 heavy (non-hydrogen) atoms. The van der Waals surface area contributed by atoms with Crippen molar-refractivity contribution in [2.75, 3.05) is 13.2 Å². The van der Waals surface area contributed by atoms with Crippen LogP contribution in [0.25, 0.3) is 0 Å². The Morgan fingerprint density at radius 2 is 2.21 bits per heavy atom. The molecule has 1 aromatic heterocycles. The molecule has 1 aliphatic rings. The molecular weight excluding hydrogens is 304 g/mol. The first-order valence-corrected chi connectivity index (χ1v) is 8.52. The third-order valence-corrected chi connectivity index (χ3v) is 3.97. The van der Waals surface area contributed by atoms with Crippen LogP contribution in [0.2, 0.25) is 0 Å². The predicted molar refractivity (Wildman–Crippen MR) is 91.6 cm³/mol. The zero-order valence-corrected chi connectivity index (χ0v) is 13.8. The van der Waals surface area contributed by atoms with E-state index >= 15 is 0 Å². The number of benzene rings is 1. The van der Waals surface area contributed by atoms with Gasteiger partial charge in [-0.1, -0.05) is 18.2 Å². The van der Waals surface area contributed by atoms with E-state index in [-0.39, 0.29) is 5.91 Å². The van der Waals surface area contributed by atoms with Crippen molar-refractivity contribution in [3.8, 4) is 5.75 Å². The van der Waals surface area contributed by atoms with Crippen LogP contribution >= 0.6 is 0 Å². The van der Waals surface area contributed by atoms with Crippen molar-refractivity contribution in [1.82, 2.24) is 20.4 Å². The number of hydrogen-bond acceptors (Lipinski definition) is 4. The van der Waals surface area contributed by atoms with E-state index in [1.165, 1.54) is 5.69 Å².